The molecule has 0 radical (unpaired) electrons. The van der Waals surface area contributed by atoms with Gasteiger partial charge in [0.15, 0.2) is 0 Å². The summed E-state index contributed by atoms with van der Waals surface area (Å²) < 4.78 is 45.5. The normalized spacial score (nSPS) is 15.4. The van der Waals surface area contributed by atoms with E-state index >= 15 is 0 Å². The van der Waals surface area contributed by atoms with Crippen LogP contribution in [0.5, 0.6) is 0 Å². The number of aromatic nitrogens is 3. The number of morpholine rings is 1. The summed E-state index contributed by atoms with van der Waals surface area (Å²) in [5, 5.41) is 0. The molecule has 9 heteroatoms. The second-order valence-electron chi connectivity index (χ2n) is 5.65. The maximum atomic E-state index is 13.4. The monoisotopic (exact) mass is 353 g/mol. The Morgan fingerprint density at radius 1 is 1.20 bits per heavy atom. The van der Waals surface area contributed by atoms with Gasteiger partial charge in [0, 0.05) is 30.5 Å². The summed E-state index contributed by atoms with van der Waals surface area (Å²) in [7, 11) is 0. The zero-order chi connectivity index (χ0) is 18.0. The van der Waals surface area contributed by atoms with Crippen LogP contribution in [0.1, 0.15) is 18.2 Å². The largest absolute Gasteiger partial charge is 0.417 e. The third-order valence-corrected chi connectivity index (χ3v) is 3.93. The van der Waals surface area contributed by atoms with E-state index in [9.17, 15) is 13.2 Å². The van der Waals surface area contributed by atoms with E-state index in [1.54, 1.807) is 6.07 Å². The molecule has 2 N–H and O–H groups in total. The van der Waals surface area contributed by atoms with Crippen molar-refractivity contribution in [2.75, 3.05) is 36.9 Å². The van der Waals surface area contributed by atoms with Gasteiger partial charge in [-0.25, -0.2) is 15.0 Å². The molecule has 0 saturated carbocycles. The van der Waals surface area contributed by atoms with Crippen LogP contribution in [-0.4, -0.2) is 41.3 Å². The van der Waals surface area contributed by atoms with E-state index in [-0.39, 0.29) is 17.1 Å². The van der Waals surface area contributed by atoms with Gasteiger partial charge in [-0.05, 0) is 18.6 Å². The summed E-state index contributed by atoms with van der Waals surface area (Å²) in [5.41, 5.74) is 5.33. The van der Waals surface area contributed by atoms with Gasteiger partial charge in [-0.1, -0.05) is 6.92 Å². The summed E-state index contributed by atoms with van der Waals surface area (Å²) in [6.45, 7) is 4.15. The van der Waals surface area contributed by atoms with Gasteiger partial charge in [0.1, 0.15) is 5.82 Å². The van der Waals surface area contributed by atoms with Crippen LogP contribution in [0.4, 0.5) is 24.9 Å². The zero-order valence-electron chi connectivity index (χ0n) is 13.7. The minimum Gasteiger partial charge on any atom is -0.384 e. The average molecular weight is 353 g/mol. The molecular formula is C16H18F3N5O. The molecule has 3 heterocycles. The lowest BCUT2D eigenvalue weighted by Crippen LogP contribution is -2.37. The molecule has 3 rings (SSSR count). The van der Waals surface area contributed by atoms with E-state index in [0.717, 1.165) is 12.3 Å². The standard InChI is InChI=1S/C16H18F3N5O/c1-2-10-7-13(23-15(22-10)24-3-5-25-6-4-24)11-9-21-14(20)8-12(11)16(17,18)19/h7-9H,2-6H2,1H3,(H2,20,21). The number of pyridine rings is 1. The maximum absolute atomic E-state index is 13.4. The van der Waals surface area contributed by atoms with Crippen LogP contribution in [0, 0.1) is 0 Å². The molecule has 1 saturated heterocycles. The number of nitrogens with two attached hydrogens (primary N) is 1. The highest BCUT2D eigenvalue weighted by molar-refractivity contribution is 5.66. The number of aryl methyl sites for hydroxylation is 1. The molecule has 0 amide bonds. The number of nitrogen functional groups attached to an aromatic ring is 1. The highest BCUT2D eigenvalue weighted by Crippen LogP contribution is 2.37. The second-order valence-corrected chi connectivity index (χ2v) is 5.65. The van der Waals surface area contributed by atoms with Crippen molar-refractivity contribution in [3.63, 3.8) is 0 Å². The fraction of sp³-hybridized carbons (Fsp3) is 0.438. The Morgan fingerprint density at radius 3 is 2.56 bits per heavy atom. The summed E-state index contributed by atoms with van der Waals surface area (Å²) in [6, 6.07) is 2.39. The van der Waals surface area contributed by atoms with Crippen LogP contribution >= 0.6 is 0 Å². The summed E-state index contributed by atoms with van der Waals surface area (Å²) in [6.07, 6.45) is -2.86. The molecular weight excluding hydrogens is 335 g/mol. The van der Waals surface area contributed by atoms with Gasteiger partial charge in [0.2, 0.25) is 5.95 Å². The molecule has 134 valence electrons. The van der Waals surface area contributed by atoms with Crippen LogP contribution in [0.25, 0.3) is 11.3 Å². The maximum Gasteiger partial charge on any atom is 0.417 e. The summed E-state index contributed by atoms with van der Waals surface area (Å²) in [4.78, 5) is 14.5. The Balaban J connectivity index is 2.11. The second kappa shape index (κ2) is 6.83. The SMILES string of the molecule is CCc1cc(-c2cnc(N)cc2C(F)(F)F)nc(N2CCOCC2)n1. The lowest BCUT2D eigenvalue weighted by Gasteiger charge is -2.27. The zero-order valence-corrected chi connectivity index (χ0v) is 13.7. The minimum atomic E-state index is -4.55. The molecule has 0 atom stereocenters. The van der Waals surface area contributed by atoms with Gasteiger partial charge in [0.25, 0.3) is 0 Å². The van der Waals surface area contributed by atoms with Crippen molar-refractivity contribution in [3.8, 4) is 11.3 Å². The van der Waals surface area contributed by atoms with Gasteiger partial charge in [-0.3, -0.25) is 0 Å². The molecule has 6 nitrogen and oxygen atoms in total. The fourth-order valence-electron chi connectivity index (χ4n) is 2.62. The number of ether oxygens (including phenoxy) is 1. The average Bonchev–Trinajstić information content (AvgIpc) is 2.61. The smallest absolute Gasteiger partial charge is 0.384 e. The Labute approximate surface area is 142 Å². The first-order valence-corrected chi connectivity index (χ1v) is 7.92. The molecule has 2 aromatic heterocycles. The number of hydrogen-bond donors (Lipinski definition) is 1. The Morgan fingerprint density at radius 2 is 1.92 bits per heavy atom. The molecule has 0 spiro atoms. The number of anilines is 2. The molecule has 1 aliphatic heterocycles. The third-order valence-electron chi connectivity index (χ3n) is 3.93. The predicted molar refractivity (Wildman–Crippen MR) is 87.1 cm³/mol. The van der Waals surface area contributed by atoms with Gasteiger partial charge >= 0.3 is 6.18 Å². The van der Waals surface area contributed by atoms with Crippen molar-refractivity contribution in [2.24, 2.45) is 0 Å². The Hall–Kier alpha value is -2.42. The van der Waals surface area contributed by atoms with Crippen LogP contribution in [0.2, 0.25) is 0 Å². The van der Waals surface area contributed by atoms with Gasteiger partial charge in [-0.2, -0.15) is 13.2 Å². The summed E-state index contributed by atoms with van der Waals surface area (Å²) >= 11 is 0. The van der Waals surface area contributed by atoms with E-state index in [4.69, 9.17) is 10.5 Å². The third kappa shape index (κ3) is 3.81. The van der Waals surface area contributed by atoms with E-state index in [2.05, 4.69) is 15.0 Å². The van der Waals surface area contributed by atoms with Crippen molar-refractivity contribution in [1.29, 1.82) is 0 Å². The molecule has 25 heavy (non-hydrogen) atoms. The predicted octanol–water partition coefficient (Wildman–Crippen LogP) is 2.54. The number of alkyl halides is 3. The topological polar surface area (TPSA) is 77.2 Å². The van der Waals surface area contributed by atoms with E-state index in [1.165, 1.54) is 0 Å². The Bertz CT molecular complexity index is 760. The van der Waals surface area contributed by atoms with Crippen LogP contribution in [0.15, 0.2) is 18.3 Å². The number of rotatable bonds is 3. The number of hydrogen-bond acceptors (Lipinski definition) is 6. The molecule has 0 aliphatic carbocycles. The van der Waals surface area contributed by atoms with Gasteiger partial charge < -0.3 is 15.4 Å². The lowest BCUT2D eigenvalue weighted by atomic mass is 10.1. The molecule has 1 fully saturated rings. The van der Waals surface area contributed by atoms with Crippen molar-refractivity contribution in [1.82, 2.24) is 15.0 Å². The molecule has 0 aromatic carbocycles. The highest BCUT2D eigenvalue weighted by atomic mass is 19.4. The first-order chi connectivity index (χ1) is 11.9. The molecule has 2 aromatic rings. The number of nitrogens with zero attached hydrogens (tertiary/aromatic N) is 4. The lowest BCUT2D eigenvalue weighted by molar-refractivity contribution is -0.137. The first-order valence-electron chi connectivity index (χ1n) is 7.92. The van der Waals surface area contributed by atoms with E-state index in [1.807, 2.05) is 11.8 Å². The van der Waals surface area contributed by atoms with E-state index in [0.29, 0.717) is 44.4 Å². The first kappa shape index (κ1) is 17.4. The minimum absolute atomic E-state index is 0.103. The fourth-order valence-corrected chi connectivity index (χ4v) is 2.62. The van der Waals surface area contributed by atoms with Gasteiger partial charge in [-0.15, -0.1) is 0 Å². The van der Waals surface area contributed by atoms with Crippen molar-refractivity contribution >= 4 is 11.8 Å². The van der Waals surface area contributed by atoms with Crippen LogP contribution < -0.4 is 10.6 Å². The molecule has 0 unspecified atom stereocenters. The van der Waals surface area contributed by atoms with Crippen molar-refractivity contribution in [3.05, 3.63) is 29.6 Å². The van der Waals surface area contributed by atoms with Crippen LogP contribution in [0.3, 0.4) is 0 Å². The van der Waals surface area contributed by atoms with E-state index < -0.39 is 11.7 Å². The Kier molecular flexibility index (Phi) is 4.76. The van der Waals surface area contributed by atoms with Gasteiger partial charge in [0.05, 0.1) is 24.5 Å². The molecule has 1 aliphatic rings. The summed E-state index contributed by atoms with van der Waals surface area (Å²) in [5.74, 6) is 0.219. The highest BCUT2D eigenvalue weighted by Gasteiger charge is 2.35. The van der Waals surface area contributed by atoms with Crippen LogP contribution in [-0.2, 0) is 17.3 Å². The molecule has 0 bridgehead atoms. The number of halogens is 3. The quantitative estimate of drug-likeness (QED) is 0.914. The van der Waals surface area contributed by atoms with Crippen molar-refractivity contribution in [2.45, 2.75) is 19.5 Å². The van der Waals surface area contributed by atoms with Crippen molar-refractivity contribution < 1.29 is 17.9 Å².